The summed E-state index contributed by atoms with van der Waals surface area (Å²) in [4.78, 5) is 5.06. The van der Waals surface area contributed by atoms with Crippen molar-refractivity contribution in [2.75, 3.05) is 12.8 Å². The normalized spacial score (nSPS) is 12.7. The molecule has 0 saturated carbocycles. The molecule has 0 aliphatic rings. The van der Waals surface area contributed by atoms with Crippen molar-refractivity contribution in [2.24, 2.45) is 0 Å². The highest BCUT2D eigenvalue weighted by Gasteiger charge is 2.52. The summed E-state index contributed by atoms with van der Waals surface area (Å²) >= 11 is 0. The van der Waals surface area contributed by atoms with Crippen LogP contribution in [0.2, 0.25) is 5.04 Å². The first kappa shape index (κ1) is 38.0. The Bertz CT molecular complexity index is 1960. The molecule has 0 spiro atoms. The number of nitrogens with zero attached hydrogens (tertiary/aromatic N) is 1. The molecule has 0 aliphatic heterocycles. The highest BCUT2D eigenvalue weighted by molar-refractivity contribution is 7.39. The van der Waals surface area contributed by atoms with Gasteiger partial charge in [0.05, 0.1) is 23.1 Å². The van der Waals surface area contributed by atoms with E-state index in [4.69, 9.17) is 13.9 Å². The predicted octanol–water partition coefficient (Wildman–Crippen LogP) is 10.5. The number of hydrogen-bond acceptors (Lipinski definition) is 4. The van der Waals surface area contributed by atoms with E-state index in [0.717, 1.165) is 39.2 Å². The number of aryl methyl sites for hydroxylation is 1. The molecule has 4 nitrogen and oxygen atoms in total. The van der Waals surface area contributed by atoms with Crippen molar-refractivity contribution in [1.82, 2.24) is 4.98 Å². The van der Waals surface area contributed by atoms with E-state index in [-0.39, 0.29) is 35.6 Å². The maximum atomic E-state index is 14.2. The Kier molecular flexibility index (Phi) is 12.6. The summed E-state index contributed by atoms with van der Waals surface area (Å²) in [6.45, 7) is 14.9. The second-order valence-corrected chi connectivity index (χ2v) is 19.7. The van der Waals surface area contributed by atoms with E-state index in [1.54, 1.807) is 6.07 Å². The van der Waals surface area contributed by atoms with Crippen LogP contribution in [0.3, 0.4) is 0 Å². The van der Waals surface area contributed by atoms with Gasteiger partial charge in [-0.3, -0.25) is 4.98 Å². The van der Waals surface area contributed by atoms with Crippen LogP contribution in [0.5, 0.6) is 0 Å². The quantitative estimate of drug-likeness (QED) is 0.0733. The highest BCUT2D eigenvalue weighted by atomic mass is 31.1. The Morgan fingerprint density at radius 3 is 1.96 bits per heavy atom. The molecule has 0 saturated heterocycles. The summed E-state index contributed by atoms with van der Waals surface area (Å²) in [5.41, 5.74) is 6.01. The molecule has 0 bridgehead atoms. The number of hydrogen-bond donors (Lipinski definition) is 0. The zero-order chi connectivity index (χ0) is 36.6. The molecular weight excluding hydrogens is 669 g/mol. The minimum atomic E-state index is -2.82. The molecule has 4 aromatic carbocycles. The maximum Gasteiger partial charge on any atom is 0.511 e. The fourth-order valence-electron chi connectivity index (χ4n) is 6.65. The van der Waals surface area contributed by atoms with Gasteiger partial charge in [-0.15, -0.1) is 4.52 Å². The van der Waals surface area contributed by atoms with Gasteiger partial charge in [-0.05, 0) is 68.6 Å². The molecule has 0 amide bonds. The molecule has 1 aromatic heterocycles. The first-order chi connectivity index (χ1) is 24.4. The second-order valence-electron chi connectivity index (χ2n) is 14.2. The molecule has 2 unspecified atom stereocenters. The third-order valence-corrected chi connectivity index (χ3v) is 15.4. The van der Waals surface area contributed by atoms with Gasteiger partial charge < -0.3 is 4.43 Å². The fourth-order valence-corrected chi connectivity index (χ4v) is 12.5. The van der Waals surface area contributed by atoms with Crippen LogP contribution in [-0.2, 0) is 13.5 Å². The Labute approximate surface area is 305 Å². The third kappa shape index (κ3) is 8.80. The lowest BCUT2D eigenvalue weighted by Gasteiger charge is -2.44. The van der Waals surface area contributed by atoms with Gasteiger partial charge in [0.15, 0.2) is 6.61 Å². The molecule has 0 N–H and O–H groups in total. The van der Waals surface area contributed by atoms with E-state index >= 15 is 0 Å². The van der Waals surface area contributed by atoms with Crippen molar-refractivity contribution in [2.45, 2.75) is 71.9 Å². The first-order valence-electron chi connectivity index (χ1n) is 17.7. The van der Waals surface area contributed by atoms with Gasteiger partial charge in [-0.25, -0.2) is 4.39 Å². The van der Waals surface area contributed by atoms with Gasteiger partial charge in [0.1, 0.15) is 5.82 Å². The molecule has 5 rings (SSSR count). The SMILES string of the molecule is CCC(C[P+](=O)OCC#Cc1c(-c2ccc(F)cc2C)cc(-c2ccccc2)nc1C(C)C)O[Si](c1ccccc1)(c1ccccc1)C(C)(C)C. The molecular formula is C44H48FNO3PSi+. The molecule has 0 fully saturated rings. The smallest absolute Gasteiger partial charge is 0.400 e. The van der Waals surface area contributed by atoms with E-state index in [0.29, 0.717) is 6.42 Å². The lowest BCUT2D eigenvalue weighted by molar-refractivity contribution is 0.200. The van der Waals surface area contributed by atoms with Crippen molar-refractivity contribution in [3.63, 3.8) is 0 Å². The average Bonchev–Trinajstić information content (AvgIpc) is 3.12. The van der Waals surface area contributed by atoms with Crippen LogP contribution in [0, 0.1) is 24.6 Å². The van der Waals surface area contributed by atoms with Gasteiger partial charge >= 0.3 is 8.03 Å². The Hall–Kier alpha value is -4.24. The van der Waals surface area contributed by atoms with Crippen molar-refractivity contribution >= 4 is 26.7 Å². The van der Waals surface area contributed by atoms with E-state index in [9.17, 15) is 8.96 Å². The Morgan fingerprint density at radius 1 is 0.843 bits per heavy atom. The zero-order valence-corrected chi connectivity index (χ0v) is 32.6. The Balaban J connectivity index is 1.42. The van der Waals surface area contributed by atoms with Crippen molar-refractivity contribution in [3.8, 4) is 34.2 Å². The fraction of sp³-hybridized carbons (Fsp3) is 0.295. The molecule has 5 aromatic rings. The van der Waals surface area contributed by atoms with Crippen LogP contribution in [-0.4, -0.2) is 32.2 Å². The Morgan fingerprint density at radius 2 is 1.43 bits per heavy atom. The molecule has 7 heteroatoms. The van der Waals surface area contributed by atoms with Gasteiger partial charge in [-0.2, -0.15) is 0 Å². The average molecular weight is 717 g/mol. The zero-order valence-electron chi connectivity index (χ0n) is 30.7. The van der Waals surface area contributed by atoms with Crippen molar-refractivity contribution in [1.29, 1.82) is 0 Å². The van der Waals surface area contributed by atoms with Gasteiger partial charge in [-0.1, -0.05) is 150 Å². The monoisotopic (exact) mass is 716 g/mol. The number of aromatic nitrogens is 1. The summed E-state index contributed by atoms with van der Waals surface area (Å²) in [6.07, 6.45) is 0.684. The van der Waals surface area contributed by atoms with E-state index in [1.165, 1.54) is 22.5 Å². The molecule has 0 radical (unpaired) electrons. The van der Waals surface area contributed by atoms with Crippen LogP contribution >= 0.6 is 8.03 Å². The third-order valence-electron chi connectivity index (χ3n) is 9.20. The van der Waals surface area contributed by atoms with Crippen LogP contribution in [0.1, 0.15) is 70.7 Å². The van der Waals surface area contributed by atoms with Gasteiger partial charge in [0.25, 0.3) is 8.32 Å². The summed E-state index contributed by atoms with van der Waals surface area (Å²) in [6, 6.07) is 37.8. The number of pyridine rings is 1. The molecule has 262 valence electrons. The van der Waals surface area contributed by atoms with Crippen LogP contribution in [0.25, 0.3) is 22.4 Å². The summed E-state index contributed by atoms with van der Waals surface area (Å²) in [7, 11) is -4.88. The van der Waals surface area contributed by atoms with E-state index < -0.39 is 16.3 Å². The lowest BCUT2D eigenvalue weighted by Crippen LogP contribution is -2.67. The molecule has 1 heterocycles. The summed E-state index contributed by atoms with van der Waals surface area (Å²) in [5, 5.41) is 2.17. The van der Waals surface area contributed by atoms with Crippen molar-refractivity contribution < 1.29 is 17.9 Å². The minimum Gasteiger partial charge on any atom is -0.400 e. The maximum absolute atomic E-state index is 14.2. The largest absolute Gasteiger partial charge is 0.511 e. The highest BCUT2D eigenvalue weighted by Crippen LogP contribution is 2.39. The van der Waals surface area contributed by atoms with E-state index in [1.807, 2.05) is 55.5 Å². The van der Waals surface area contributed by atoms with Crippen LogP contribution in [0.4, 0.5) is 4.39 Å². The first-order valence-corrected chi connectivity index (χ1v) is 20.9. The van der Waals surface area contributed by atoms with E-state index in [2.05, 4.69) is 102 Å². The lowest BCUT2D eigenvalue weighted by atomic mass is 9.91. The van der Waals surface area contributed by atoms with Gasteiger partial charge in [0, 0.05) is 11.1 Å². The molecule has 51 heavy (non-hydrogen) atoms. The predicted molar refractivity (Wildman–Crippen MR) is 212 cm³/mol. The topological polar surface area (TPSA) is 48.4 Å². The molecule has 2 atom stereocenters. The molecule has 0 aliphatic carbocycles. The minimum absolute atomic E-state index is 0.00926. The number of rotatable bonds is 12. The standard InChI is InChI=1S/C44H48FNO3PSi/c1-8-36(49-51(44(5,6)7,37-21-14-10-15-22-37)38-23-16-11-17-24-38)31-50(47)48-28-18-25-40-41(39-27-26-35(45)29-33(39)4)30-42(46-43(40)32(2)3)34-19-12-9-13-20-34/h9-17,19-24,26-27,29-30,32,36H,8,28,31H2,1-7H3/q+1. The summed E-state index contributed by atoms with van der Waals surface area (Å²) in [5.74, 6) is 6.25. The van der Waals surface area contributed by atoms with Crippen molar-refractivity contribution in [3.05, 3.63) is 138 Å². The second kappa shape index (κ2) is 16.8. The summed E-state index contributed by atoms with van der Waals surface area (Å²) < 4.78 is 40.8. The van der Waals surface area contributed by atoms with Gasteiger partial charge in [0.2, 0.25) is 6.16 Å². The van der Waals surface area contributed by atoms with Crippen LogP contribution < -0.4 is 10.4 Å². The number of halogens is 1. The number of benzene rings is 4. The van der Waals surface area contributed by atoms with Crippen LogP contribution in [0.15, 0.2) is 115 Å².